The summed E-state index contributed by atoms with van der Waals surface area (Å²) >= 11 is 13.4. The van der Waals surface area contributed by atoms with E-state index in [2.05, 4.69) is 47.8 Å². The lowest BCUT2D eigenvalue weighted by Crippen LogP contribution is -2.63. The third-order valence-electron chi connectivity index (χ3n) is 17.0. The Kier molecular flexibility index (Phi) is 27.7. The fourth-order valence-electron chi connectivity index (χ4n) is 11.2. The van der Waals surface area contributed by atoms with E-state index in [4.69, 9.17) is 41.0 Å². The number of Topliss-reactive ketones (excluding diaryl/α,β-unsaturated/α-hetero) is 2. The van der Waals surface area contributed by atoms with Gasteiger partial charge in [-0.3, -0.25) is 34.1 Å². The number of alkyl halides is 5. The first-order valence-electron chi connectivity index (χ1n) is 30.3. The van der Waals surface area contributed by atoms with Gasteiger partial charge in [-0.2, -0.15) is 13.2 Å². The number of fused-ring (bicyclic) bond motifs is 5. The van der Waals surface area contributed by atoms with Crippen molar-refractivity contribution in [2.45, 2.75) is 186 Å². The third-order valence-corrected chi connectivity index (χ3v) is 19.1. The molecule has 11 atom stereocenters. The van der Waals surface area contributed by atoms with E-state index in [1.807, 2.05) is 19.1 Å². The Balaban J connectivity index is 1.36. The minimum absolute atomic E-state index is 0.0105. The molecule has 0 aliphatic carbocycles. The van der Waals surface area contributed by atoms with Crippen molar-refractivity contribution < 1.29 is 85.1 Å². The van der Waals surface area contributed by atoms with Crippen molar-refractivity contribution in [2.75, 3.05) is 43.3 Å². The van der Waals surface area contributed by atoms with E-state index in [1.54, 1.807) is 59.8 Å². The lowest BCUT2D eigenvalue weighted by atomic mass is 9.83. The number of esters is 2. The number of rotatable bonds is 26. The number of anilines is 1. The summed E-state index contributed by atoms with van der Waals surface area (Å²) in [7, 11) is 3.95. The largest absolute Gasteiger partial charge is 0.462 e. The number of amides is 6. The van der Waals surface area contributed by atoms with Gasteiger partial charge in [-0.25, -0.2) is 14.4 Å². The summed E-state index contributed by atoms with van der Waals surface area (Å²) in [5, 5.41) is 20.6. The number of methoxy groups -OCH3 is 1. The summed E-state index contributed by atoms with van der Waals surface area (Å²) in [6.45, 7) is 13.3. The van der Waals surface area contributed by atoms with Crippen molar-refractivity contribution in [3.63, 3.8) is 0 Å². The van der Waals surface area contributed by atoms with E-state index in [9.17, 15) is 48.3 Å². The number of ketones is 2. The number of aliphatic hydroxyl groups is 1. The van der Waals surface area contributed by atoms with E-state index in [0.717, 1.165) is 35.2 Å². The molecule has 3 heterocycles. The summed E-state index contributed by atoms with van der Waals surface area (Å²) < 4.78 is 74.7. The van der Waals surface area contributed by atoms with Crippen LogP contribution in [0.1, 0.15) is 139 Å². The van der Waals surface area contributed by atoms with Crippen LogP contribution in [0, 0.1) is 30.6 Å². The number of nitrogens with one attached hydrogen (secondary N) is 3. The average Bonchev–Trinajstić information content (AvgIpc) is 1.59. The first-order chi connectivity index (χ1) is 42.6. The molecule has 91 heavy (non-hydrogen) atoms. The molecule has 3 aliphatic rings. The van der Waals surface area contributed by atoms with Gasteiger partial charge in [0.25, 0.3) is 5.91 Å². The molecular weight excluding hydrogens is 1340 g/mol. The van der Waals surface area contributed by atoms with E-state index < -0.39 is 131 Å². The zero-order chi connectivity index (χ0) is 68.0. The van der Waals surface area contributed by atoms with Crippen LogP contribution in [0.15, 0.2) is 54.1 Å². The molecule has 1 unspecified atom stereocenters. The number of hydrogen-bond donors (Lipinski definition) is 5. The normalized spacial score (nSPS) is 24.2. The van der Waals surface area contributed by atoms with E-state index >= 15 is 13.2 Å². The number of likely N-dealkylation sites (N-methyl/N-ethyl adjacent to an activating group) is 1. The molecule has 0 saturated carbocycles. The Bertz CT molecular complexity index is 3060. The predicted molar refractivity (Wildman–Crippen MR) is 340 cm³/mol. The molecular formula is C64H86Br2ClF3N6O15. The second-order valence-electron chi connectivity index (χ2n) is 24.5. The zero-order valence-corrected chi connectivity index (χ0v) is 57.2. The van der Waals surface area contributed by atoms with Crippen LogP contribution in [-0.2, 0) is 71.5 Å². The van der Waals surface area contributed by atoms with Gasteiger partial charge in [-0.15, -0.1) is 0 Å². The van der Waals surface area contributed by atoms with Gasteiger partial charge in [0.15, 0.2) is 11.5 Å². The minimum Gasteiger partial charge on any atom is -0.462 e. The average molecular weight is 1430 g/mol. The van der Waals surface area contributed by atoms with Gasteiger partial charge in [-0.05, 0) is 114 Å². The standard InChI is InChI=1S/C64H86Br2ClF3N6O15/c1-34(2)45(29-43(77)18-13-12-17-37(5)88-59(83)42(32-65)33-66)56(80)73-47(19-15-23-72-60(71)84)49(78)28-40-21-22-44(46(26-40)64(68,69)70)57(81)75(9)39(7)58(82)90-52-30-53(79)76(10)48-27-41(25-36(4)54(48)67)24-35(3)16-14-20-51(87-11)63(86)31-50(89-61(85)74-63)38(6)55-62(52,8)91-55/h14,16,20-22,25-27,34,37-39,42,45,47,50-52,55,86H,12-13,15,17-19,23-24,28-33H2,1-11H3,(H,73,80)(H,74,85)(H3,71,72,84)/b20-14+,35-16+/t37?,38-,39+,45+,47+,50+,51-,52+,55+,62+,63+/m1/s1. The topological polar surface area (TPSA) is 292 Å². The van der Waals surface area contributed by atoms with E-state index in [-0.39, 0.29) is 78.9 Å². The maximum Gasteiger partial charge on any atom is 0.417 e. The van der Waals surface area contributed by atoms with Crippen LogP contribution in [0.25, 0.3) is 0 Å². The molecule has 0 aromatic heterocycles. The summed E-state index contributed by atoms with van der Waals surface area (Å²) in [6, 6.07) is 2.49. The maximum absolute atomic E-state index is 15.2. The number of alkyl carbamates (subject to hydrolysis) is 1. The molecule has 4 bridgehead atoms. The molecule has 5 rings (SSSR count). The van der Waals surface area contributed by atoms with E-state index in [0.29, 0.717) is 53.7 Å². The first-order valence-corrected chi connectivity index (χ1v) is 32.9. The quantitative estimate of drug-likeness (QED) is 0.0193. The molecule has 27 heteroatoms. The van der Waals surface area contributed by atoms with Crippen LogP contribution in [0.2, 0.25) is 5.02 Å². The SMILES string of the molecule is CO[C@@H]1/C=C/C=C(\C)Cc2cc(C)c(Cl)c(c2)N(C)C(=O)C[C@H](OC(=O)[C@H](C)N(C)C(=O)c2ccc(CC(=O)[C@H](CCCNC(N)=O)NC(=O)[C@@H](CC(=O)CCCCC(C)OC(=O)C(CBr)CBr)C(C)C)cc2C(F)(F)F)[C@]2(C)O[C@H]2[C@H](C)[C@@H]2C[C@@]1(O)NC(=O)O2. The zero-order valence-electron chi connectivity index (χ0n) is 53.3. The Morgan fingerprint density at radius 2 is 1.68 bits per heavy atom. The number of allylic oxidation sites excluding steroid dienone is 3. The molecule has 6 N–H and O–H groups in total. The summed E-state index contributed by atoms with van der Waals surface area (Å²) in [6.07, 6.45) is -5.31. The Morgan fingerprint density at radius 1 is 1.00 bits per heavy atom. The maximum atomic E-state index is 15.2. The molecule has 2 aromatic carbocycles. The number of aryl methyl sites for hydroxylation is 1. The molecule has 3 aliphatic heterocycles. The van der Waals surface area contributed by atoms with Crippen LogP contribution in [-0.4, -0.2) is 156 Å². The van der Waals surface area contributed by atoms with Crippen LogP contribution >= 0.6 is 43.5 Å². The van der Waals surface area contributed by atoms with Crippen LogP contribution in [0.4, 0.5) is 28.4 Å². The lowest BCUT2D eigenvalue weighted by Gasteiger charge is -2.42. The number of urea groups is 1. The van der Waals surface area contributed by atoms with Gasteiger partial charge in [0.1, 0.15) is 35.7 Å². The number of primary amides is 1. The molecule has 21 nitrogen and oxygen atoms in total. The number of nitrogens with zero attached hydrogens (tertiary/aromatic N) is 2. The summed E-state index contributed by atoms with van der Waals surface area (Å²) in [4.78, 5) is 124. The number of hydrogen-bond acceptors (Lipinski definition) is 15. The molecule has 0 radical (unpaired) electrons. The van der Waals surface area contributed by atoms with Crippen molar-refractivity contribution in [3.8, 4) is 0 Å². The van der Waals surface area contributed by atoms with E-state index in [1.165, 1.54) is 26.0 Å². The minimum atomic E-state index is -5.19. The number of carbonyl (C=O) groups excluding carboxylic acids is 9. The smallest absolute Gasteiger partial charge is 0.417 e. The second-order valence-corrected chi connectivity index (χ2v) is 26.2. The summed E-state index contributed by atoms with van der Waals surface area (Å²) in [5.41, 5.74) is 1.91. The number of carbonyl (C=O) groups is 9. The number of halogens is 6. The van der Waals surface area contributed by atoms with Gasteiger partial charge in [0.2, 0.25) is 11.8 Å². The van der Waals surface area contributed by atoms with Crippen molar-refractivity contribution in [2.24, 2.45) is 29.4 Å². The van der Waals surface area contributed by atoms with Gasteiger partial charge in [0, 0.05) is 75.9 Å². The highest BCUT2D eigenvalue weighted by Crippen LogP contribution is 2.49. The van der Waals surface area contributed by atoms with Crippen molar-refractivity contribution in [1.29, 1.82) is 0 Å². The second kappa shape index (κ2) is 33.3. The monoisotopic (exact) mass is 1430 g/mol. The predicted octanol–water partition coefficient (Wildman–Crippen LogP) is 9.32. The van der Waals surface area contributed by atoms with Crippen molar-refractivity contribution in [1.82, 2.24) is 20.9 Å². The van der Waals surface area contributed by atoms with Gasteiger partial charge >= 0.3 is 30.2 Å². The summed E-state index contributed by atoms with van der Waals surface area (Å²) in [5.74, 6) is -7.28. The molecule has 0 spiro atoms. The van der Waals surface area contributed by atoms with Crippen molar-refractivity contribution in [3.05, 3.63) is 87.0 Å². The van der Waals surface area contributed by atoms with Crippen molar-refractivity contribution >= 4 is 102 Å². The molecule has 2 aromatic rings. The highest BCUT2D eigenvalue weighted by molar-refractivity contribution is 9.09. The Hall–Kier alpha value is -5.93. The van der Waals surface area contributed by atoms with Crippen LogP contribution in [0.5, 0.6) is 0 Å². The molecule has 2 saturated heterocycles. The number of nitrogens with two attached hydrogens (primary N) is 1. The number of benzene rings is 2. The number of epoxide rings is 1. The van der Waals surface area contributed by atoms with Crippen LogP contribution in [0.3, 0.4) is 0 Å². The molecule has 2 fully saturated rings. The van der Waals surface area contributed by atoms with Gasteiger partial charge in [-0.1, -0.05) is 100 Å². The lowest BCUT2D eigenvalue weighted by molar-refractivity contribution is -0.158. The number of ether oxygens (including phenoxy) is 5. The first kappa shape index (κ1) is 75.8. The van der Waals surface area contributed by atoms with Crippen LogP contribution < -0.4 is 26.6 Å². The van der Waals surface area contributed by atoms with Gasteiger partial charge < -0.3 is 55.0 Å². The highest BCUT2D eigenvalue weighted by Gasteiger charge is 2.64. The molecule has 504 valence electrons. The fraction of sp³-hybridized carbons (Fsp3) is 0.609. The number of unbranched alkanes of at least 4 members (excludes halogenated alkanes) is 1. The third kappa shape index (κ3) is 20.5. The van der Waals surface area contributed by atoms with Gasteiger partial charge in [0.05, 0.1) is 52.4 Å². The fourth-order valence-corrected chi connectivity index (χ4v) is 13.1. The molecule has 6 amide bonds. The Labute approximate surface area is 551 Å². The Morgan fingerprint density at radius 3 is 2.31 bits per heavy atom. The highest BCUT2D eigenvalue weighted by atomic mass is 79.9.